The third-order valence-corrected chi connectivity index (χ3v) is 4.35. The fourth-order valence-electron chi connectivity index (χ4n) is 3.02. The van der Waals surface area contributed by atoms with Crippen molar-refractivity contribution in [2.75, 3.05) is 4.90 Å². The quantitative estimate of drug-likeness (QED) is 0.663. The molecule has 0 aromatic heterocycles. The third kappa shape index (κ3) is 2.71. The summed E-state index contributed by atoms with van der Waals surface area (Å²) >= 11 is 0. The Kier molecular flexibility index (Phi) is 3.89. The maximum absolute atomic E-state index is 4.29. The zero-order chi connectivity index (χ0) is 15.7. The van der Waals surface area contributed by atoms with Gasteiger partial charge in [0.25, 0.3) is 0 Å². The summed E-state index contributed by atoms with van der Waals surface area (Å²) in [5, 5.41) is 0. The summed E-state index contributed by atoms with van der Waals surface area (Å²) in [7, 11) is 0. The lowest BCUT2D eigenvalue weighted by atomic mass is 10.1. The first kappa shape index (κ1) is 14.6. The van der Waals surface area contributed by atoms with E-state index in [1.54, 1.807) is 0 Å². The predicted octanol–water partition coefficient (Wildman–Crippen LogP) is 6.07. The number of aryl methyl sites for hydroxylation is 2. The van der Waals surface area contributed by atoms with E-state index in [1.807, 2.05) is 0 Å². The minimum atomic E-state index is 1.06. The lowest BCUT2D eigenvalue weighted by Gasteiger charge is -2.28. The monoisotopic (exact) mass is 289 g/mol. The SMILES string of the molecule is C=C1CCC(C)=C1N(c1ccc(C)cc1)c1ccc(C)cc1. The first-order valence-corrected chi connectivity index (χ1v) is 7.87. The highest BCUT2D eigenvalue weighted by Gasteiger charge is 2.23. The van der Waals surface area contributed by atoms with E-state index < -0.39 is 0 Å². The highest BCUT2D eigenvalue weighted by molar-refractivity contribution is 5.73. The second kappa shape index (κ2) is 5.84. The molecule has 2 aromatic rings. The summed E-state index contributed by atoms with van der Waals surface area (Å²) < 4.78 is 0. The van der Waals surface area contributed by atoms with E-state index in [-0.39, 0.29) is 0 Å². The maximum atomic E-state index is 4.29. The Morgan fingerprint density at radius 3 is 1.55 bits per heavy atom. The van der Waals surface area contributed by atoms with Crippen molar-refractivity contribution in [1.82, 2.24) is 0 Å². The molecule has 1 nitrogen and oxygen atoms in total. The molecule has 0 N–H and O–H groups in total. The molecule has 0 heterocycles. The minimum absolute atomic E-state index is 1.06. The van der Waals surface area contributed by atoms with Gasteiger partial charge < -0.3 is 4.90 Å². The highest BCUT2D eigenvalue weighted by Crippen LogP contribution is 2.40. The van der Waals surface area contributed by atoms with Crippen molar-refractivity contribution in [1.29, 1.82) is 0 Å². The van der Waals surface area contributed by atoms with Crippen LogP contribution in [0.25, 0.3) is 0 Å². The highest BCUT2D eigenvalue weighted by atomic mass is 15.2. The van der Waals surface area contributed by atoms with Crippen molar-refractivity contribution in [2.45, 2.75) is 33.6 Å². The fraction of sp³-hybridized carbons (Fsp3) is 0.238. The normalized spacial score (nSPS) is 14.6. The smallest absolute Gasteiger partial charge is 0.0477 e. The van der Waals surface area contributed by atoms with E-state index in [1.165, 1.54) is 39.3 Å². The van der Waals surface area contributed by atoms with Gasteiger partial charge >= 0.3 is 0 Å². The Morgan fingerprint density at radius 1 is 0.727 bits per heavy atom. The predicted molar refractivity (Wildman–Crippen MR) is 95.6 cm³/mol. The van der Waals surface area contributed by atoms with E-state index >= 15 is 0 Å². The lowest BCUT2D eigenvalue weighted by molar-refractivity contribution is 1.01. The zero-order valence-corrected chi connectivity index (χ0v) is 13.7. The maximum Gasteiger partial charge on any atom is 0.0477 e. The number of allylic oxidation sites excluding steroid dienone is 2. The molecule has 0 aliphatic heterocycles. The van der Waals surface area contributed by atoms with Gasteiger partial charge in [-0.25, -0.2) is 0 Å². The van der Waals surface area contributed by atoms with E-state index in [0.717, 1.165) is 12.8 Å². The number of nitrogens with zero attached hydrogens (tertiary/aromatic N) is 1. The second-order valence-corrected chi connectivity index (χ2v) is 6.24. The molecule has 1 aliphatic carbocycles. The van der Waals surface area contributed by atoms with Crippen molar-refractivity contribution in [2.24, 2.45) is 0 Å². The molecule has 1 aliphatic rings. The summed E-state index contributed by atoms with van der Waals surface area (Å²) in [6.07, 6.45) is 2.18. The molecule has 1 heteroatoms. The molecule has 0 saturated carbocycles. The topological polar surface area (TPSA) is 3.24 Å². The van der Waals surface area contributed by atoms with Crippen LogP contribution in [0, 0.1) is 13.8 Å². The van der Waals surface area contributed by atoms with Crippen molar-refractivity contribution < 1.29 is 0 Å². The summed E-state index contributed by atoms with van der Waals surface area (Å²) in [5.41, 5.74) is 8.91. The van der Waals surface area contributed by atoms with Crippen molar-refractivity contribution in [3.63, 3.8) is 0 Å². The van der Waals surface area contributed by atoms with Crippen LogP contribution in [-0.4, -0.2) is 0 Å². The molecular formula is C21H23N. The molecule has 0 amide bonds. The van der Waals surface area contributed by atoms with Gasteiger partial charge in [0, 0.05) is 17.1 Å². The van der Waals surface area contributed by atoms with Crippen LogP contribution >= 0.6 is 0 Å². The molecule has 0 radical (unpaired) electrons. The van der Waals surface area contributed by atoms with E-state index in [0.29, 0.717) is 0 Å². The number of anilines is 2. The van der Waals surface area contributed by atoms with E-state index in [4.69, 9.17) is 0 Å². The fourth-order valence-corrected chi connectivity index (χ4v) is 3.02. The van der Waals surface area contributed by atoms with Crippen LogP contribution in [0.3, 0.4) is 0 Å². The Balaban J connectivity index is 2.14. The first-order chi connectivity index (χ1) is 10.6. The molecule has 2 aromatic carbocycles. The standard InChI is InChI=1S/C21H23N/c1-15-5-11-19(12-6-15)22(20-13-7-16(2)8-14-20)21-17(3)9-10-18(21)4/h5-8,11-14H,3,9-10H2,1-2,4H3. The van der Waals surface area contributed by atoms with Crippen molar-refractivity contribution in [3.8, 4) is 0 Å². The van der Waals surface area contributed by atoms with Gasteiger partial charge in [-0.3, -0.25) is 0 Å². The third-order valence-electron chi connectivity index (χ3n) is 4.35. The lowest BCUT2D eigenvalue weighted by Crippen LogP contribution is -2.17. The van der Waals surface area contributed by atoms with Gasteiger partial charge in [0.1, 0.15) is 0 Å². The Labute approximate surface area is 133 Å². The molecule has 0 saturated heterocycles. The average Bonchev–Trinajstić information content (AvgIpc) is 2.83. The van der Waals surface area contributed by atoms with E-state index in [9.17, 15) is 0 Å². The summed E-state index contributed by atoms with van der Waals surface area (Å²) in [4.78, 5) is 2.35. The van der Waals surface area contributed by atoms with Crippen molar-refractivity contribution >= 4 is 11.4 Å². The van der Waals surface area contributed by atoms with Crippen LogP contribution in [0.5, 0.6) is 0 Å². The Morgan fingerprint density at radius 2 is 1.18 bits per heavy atom. The van der Waals surface area contributed by atoms with Crippen LogP contribution in [0.2, 0.25) is 0 Å². The summed E-state index contributed by atoms with van der Waals surface area (Å²) in [6, 6.07) is 17.5. The minimum Gasteiger partial charge on any atom is -0.310 e. The van der Waals surface area contributed by atoms with Gasteiger partial charge in [0.05, 0.1) is 0 Å². The number of hydrogen-bond acceptors (Lipinski definition) is 1. The molecule has 0 spiro atoms. The van der Waals surface area contributed by atoms with Crippen LogP contribution in [0.4, 0.5) is 11.4 Å². The summed E-state index contributed by atoms with van der Waals surface area (Å²) in [6.45, 7) is 10.8. The van der Waals surface area contributed by atoms with Crippen LogP contribution in [0.15, 0.2) is 72.0 Å². The first-order valence-electron chi connectivity index (χ1n) is 7.87. The van der Waals surface area contributed by atoms with Crippen molar-refractivity contribution in [3.05, 3.63) is 83.1 Å². The van der Waals surface area contributed by atoms with Crippen LogP contribution in [-0.2, 0) is 0 Å². The van der Waals surface area contributed by atoms with Crippen LogP contribution < -0.4 is 4.90 Å². The van der Waals surface area contributed by atoms with Gasteiger partial charge in [-0.1, -0.05) is 42.0 Å². The molecule has 22 heavy (non-hydrogen) atoms. The van der Waals surface area contributed by atoms with Gasteiger partial charge in [-0.15, -0.1) is 0 Å². The number of rotatable bonds is 3. The Bertz CT molecular complexity index is 672. The van der Waals surface area contributed by atoms with E-state index in [2.05, 4.69) is 80.8 Å². The molecule has 0 bridgehead atoms. The largest absolute Gasteiger partial charge is 0.310 e. The molecule has 0 fully saturated rings. The molecule has 3 rings (SSSR count). The van der Waals surface area contributed by atoms with Gasteiger partial charge in [-0.05, 0) is 69.0 Å². The van der Waals surface area contributed by atoms with Gasteiger partial charge in [0.2, 0.25) is 0 Å². The molecular weight excluding hydrogens is 266 g/mol. The molecule has 0 unspecified atom stereocenters. The zero-order valence-electron chi connectivity index (χ0n) is 13.7. The Hall–Kier alpha value is -2.28. The van der Waals surface area contributed by atoms with Gasteiger partial charge in [-0.2, -0.15) is 0 Å². The van der Waals surface area contributed by atoms with Crippen LogP contribution in [0.1, 0.15) is 30.9 Å². The average molecular weight is 289 g/mol. The molecule has 112 valence electrons. The van der Waals surface area contributed by atoms with Gasteiger partial charge in [0.15, 0.2) is 0 Å². The number of benzene rings is 2. The second-order valence-electron chi connectivity index (χ2n) is 6.24. The number of hydrogen-bond donors (Lipinski definition) is 0. The molecule has 0 atom stereocenters. The summed E-state index contributed by atoms with van der Waals surface area (Å²) in [5.74, 6) is 0.